The third kappa shape index (κ3) is 4.06. The summed E-state index contributed by atoms with van der Waals surface area (Å²) in [6.45, 7) is 0.466. The second-order valence-corrected chi connectivity index (χ2v) is 3.66. The second kappa shape index (κ2) is 5.93. The summed E-state index contributed by atoms with van der Waals surface area (Å²) in [6.07, 6.45) is 0.600. The fraction of sp³-hybridized carbons (Fsp3) is 0.300. The van der Waals surface area contributed by atoms with Crippen molar-refractivity contribution < 1.29 is 9.18 Å². The number of hydrogen-bond donors (Lipinski definition) is 1. The standard InChI is InChI=1S/C10H10Cl2FNO/c11-6-10(15)14-4-3-7-1-2-9(13)8(12)5-7/h1-2,5H,3-4,6H2,(H,14,15). The van der Waals surface area contributed by atoms with Crippen LogP contribution in [-0.4, -0.2) is 18.3 Å². The molecule has 15 heavy (non-hydrogen) atoms. The predicted molar refractivity (Wildman–Crippen MR) is 58.8 cm³/mol. The molecule has 0 aliphatic carbocycles. The molecule has 0 saturated heterocycles. The highest BCUT2D eigenvalue weighted by Crippen LogP contribution is 2.15. The van der Waals surface area contributed by atoms with Crippen LogP contribution in [0.3, 0.4) is 0 Å². The Morgan fingerprint density at radius 1 is 1.47 bits per heavy atom. The van der Waals surface area contributed by atoms with Gasteiger partial charge in [0.25, 0.3) is 0 Å². The molecule has 1 N–H and O–H groups in total. The minimum atomic E-state index is -0.440. The molecule has 5 heteroatoms. The molecule has 1 rings (SSSR count). The number of amides is 1. The molecule has 1 aromatic rings. The summed E-state index contributed by atoms with van der Waals surface area (Å²) in [6, 6.07) is 4.48. The lowest BCUT2D eigenvalue weighted by molar-refractivity contribution is -0.118. The maximum Gasteiger partial charge on any atom is 0.234 e. The molecule has 0 spiro atoms. The summed E-state index contributed by atoms with van der Waals surface area (Å²) in [5.74, 6) is -0.709. The van der Waals surface area contributed by atoms with Gasteiger partial charge in [-0.05, 0) is 24.1 Å². The average Bonchev–Trinajstić information content (AvgIpc) is 2.23. The van der Waals surface area contributed by atoms with E-state index in [1.54, 1.807) is 12.1 Å². The second-order valence-electron chi connectivity index (χ2n) is 2.98. The molecule has 1 aromatic carbocycles. The van der Waals surface area contributed by atoms with Gasteiger partial charge in [0.1, 0.15) is 11.7 Å². The fourth-order valence-corrected chi connectivity index (χ4v) is 1.39. The minimum absolute atomic E-state index is 0.0514. The van der Waals surface area contributed by atoms with Crippen LogP contribution in [0, 0.1) is 5.82 Å². The molecular formula is C10H10Cl2FNO. The van der Waals surface area contributed by atoms with Crippen molar-refractivity contribution >= 4 is 29.1 Å². The molecule has 0 unspecified atom stereocenters. The Labute approximate surface area is 97.4 Å². The zero-order valence-electron chi connectivity index (χ0n) is 7.90. The van der Waals surface area contributed by atoms with E-state index in [1.807, 2.05) is 0 Å². The maximum atomic E-state index is 12.8. The molecule has 0 aliphatic rings. The lowest BCUT2D eigenvalue weighted by atomic mass is 10.1. The number of benzene rings is 1. The molecular weight excluding hydrogens is 240 g/mol. The van der Waals surface area contributed by atoms with Gasteiger partial charge in [-0.3, -0.25) is 4.79 Å². The molecule has 0 heterocycles. The Kier molecular flexibility index (Phi) is 4.85. The first-order valence-corrected chi connectivity index (χ1v) is 5.31. The Bertz CT molecular complexity index is 357. The topological polar surface area (TPSA) is 29.1 Å². The molecule has 1 amide bonds. The minimum Gasteiger partial charge on any atom is -0.355 e. The lowest BCUT2D eigenvalue weighted by Crippen LogP contribution is -2.26. The summed E-state index contributed by atoms with van der Waals surface area (Å²) in [7, 11) is 0. The van der Waals surface area contributed by atoms with Crippen molar-refractivity contribution in [2.24, 2.45) is 0 Å². The number of rotatable bonds is 4. The van der Waals surface area contributed by atoms with Crippen molar-refractivity contribution in [2.45, 2.75) is 6.42 Å². The van der Waals surface area contributed by atoms with Gasteiger partial charge in [0.05, 0.1) is 5.02 Å². The van der Waals surface area contributed by atoms with Crippen LogP contribution in [0.1, 0.15) is 5.56 Å². The summed E-state index contributed by atoms with van der Waals surface area (Å²) in [4.78, 5) is 10.8. The van der Waals surface area contributed by atoms with E-state index in [4.69, 9.17) is 23.2 Å². The van der Waals surface area contributed by atoms with E-state index in [1.165, 1.54) is 6.07 Å². The SMILES string of the molecule is O=C(CCl)NCCc1ccc(F)c(Cl)c1. The van der Waals surface area contributed by atoms with Crippen LogP contribution in [-0.2, 0) is 11.2 Å². The van der Waals surface area contributed by atoms with Gasteiger partial charge in [0.2, 0.25) is 5.91 Å². The zero-order valence-corrected chi connectivity index (χ0v) is 9.41. The molecule has 0 radical (unpaired) electrons. The van der Waals surface area contributed by atoms with E-state index in [-0.39, 0.29) is 16.8 Å². The highest BCUT2D eigenvalue weighted by atomic mass is 35.5. The van der Waals surface area contributed by atoms with Crippen molar-refractivity contribution in [3.05, 3.63) is 34.6 Å². The van der Waals surface area contributed by atoms with Gasteiger partial charge in [-0.15, -0.1) is 11.6 Å². The van der Waals surface area contributed by atoms with E-state index < -0.39 is 5.82 Å². The van der Waals surface area contributed by atoms with E-state index in [0.29, 0.717) is 13.0 Å². The number of halogens is 3. The predicted octanol–water partition coefficient (Wildman–Crippen LogP) is 2.38. The van der Waals surface area contributed by atoms with Crippen LogP contribution in [0.2, 0.25) is 5.02 Å². The van der Waals surface area contributed by atoms with Crippen molar-refractivity contribution in [3.8, 4) is 0 Å². The van der Waals surface area contributed by atoms with Crippen molar-refractivity contribution in [1.82, 2.24) is 5.32 Å². The summed E-state index contributed by atoms with van der Waals surface area (Å²) in [5.41, 5.74) is 0.872. The largest absolute Gasteiger partial charge is 0.355 e. The highest BCUT2D eigenvalue weighted by molar-refractivity contribution is 6.30. The first-order valence-electron chi connectivity index (χ1n) is 4.40. The molecule has 0 aromatic heterocycles. The van der Waals surface area contributed by atoms with Crippen LogP contribution >= 0.6 is 23.2 Å². The Morgan fingerprint density at radius 2 is 2.20 bits per heavy atom. The monoisotopic (exact) mass is 249 g/mol. The van der Waals surface area contributed by atoms with Gasteiger partial charge in [-0.1, -0.05) is 17.7 Å². The van der Waals surface area contributed by atoms with E-state index in [0.717, 1.165) is 5.56 Å². The summed E-state index contributed by atoms with van der Waals surface area (Å²) in [5, 5.41) is 2.70. The van der Waals surface area contributed by atoms with E-state index in [9.17, 15) is 9.18 Å². The number of carbonyl (C=O) groups excluding carboxylic acids is 1. The highest BCUT2D eigenvalue weighted by Gasteiger charge is 2.01. The van der Waals surface area contributed by atoms with Crippen LogP contribution < -0.4 is 5.32 Å². The fourth-order valence-electron chi connectivity index (χ4n) is 1.09. The van der Waals surface area contributed by atoms with E-state index in [2.05, 4.69) is 5.32 Å². The van der Waals surface area contributed by atoms with Crippen LogP contribution in [0.5, 0.6) is 0 Å². The molecule has 0 aliphatic heterocycles. The number of carbonyl (C=O) groups is 1. The molecule has 0 bridgehead atoms. The van der Waals surface area contributed by atoms with Crippen LogP contribution in [0.4, 0.5) is 4.39 Å². The third-order valence-electron chi connectivity index (χ3n) is 1.84. The van der Waals surface area contributed by atoms with Gasteiger partial charge in [0, 0.05) is 6.54 Å². The Balaban J connectivity index is 2.44. The Hall–Kier alpha value is -0.800. The first-order chi connectivity index (χ1) is 7.13. The number of hydrogen-bond acceptors (Lipinski definition) is 1. The average molecular weight is 250 g/mol. The molecule has 0 saturated carbocycles. The summed E-state index contributed by atoms with van der Waals surface area (Å²) < 4.78 is 12.8. The van der Waals surface area contributed by atoms with Crippen LogP contribution in [0.15, 0.2) is 18.2 Å². The number of alkyl halides is 1. The van der Waals surface area contributed by atoms with Gasteiger partial charge >= 0.3 is 0 Å². The summed E-state index contributed by atoms with van der Waals surface area (Å²) >= 11 is 10.9. The molecule has 2 nitrogen and oxygen atoms in total. The smallest absolute Gasteiger partial charge is 0.234 e. The van der Waals surface area contributed by atoms with Crippen LogP contribution in [0.25, 0.3) is 0 Å². The quantitative estimate of drug-likeness (QED) is 0.816. The third-order valence-corrected chi connectivity index (χ3v) is 2.37. The van der Waals surface area contributed by atoms with Crippen molar-refractivity contribution in [3.63, 3.8) is 0 Å². The molecule has 0 atom stereocenters. The van der Waals surface area contributed by atoms with Gasteiger partial charge in [-0.25, -0.2) is 4.39 Å². The van der Waals surface area contributed by atoms with Crippen molar-refractivity contribution in [1.29, 1.82) is 0 Å². The normalized spacial score (nSPS) is 10.1. The lowest BCUT2D eigenvalue weighted by Gasteiger charge is -2.04. The maximum absolute atomic E-state index is 12.8. The van der Waals surface area contributed by atoms with Crippen molar-refractivity contribution in [2.75, 3.05) is 12.4 Å². The van der Waals surface area contributed by atoms with Gasteiger partial charge in [0.15, 0.2) is 0 Å². The molecule has 0 fully saturated rings. The Morgan fingerprint density at radius 3 is 2.80 bits per heavy atom. The van der Waals surface area contributed by atoms with Gasteiger partial charge < -0.3 is 5.32 Å². The van der Waals surface area contributed by atoms with E-state index >= 15 is 0 Å². The molecule has 82 valence electrons. The van der Waals surface area contributed by atoms with Gasteiger partial charge in [-0.2, -0.15) is 0 Å². The number of nitrogens with one attached hydrogen (secondary N) is 1. The first kappa shape index (κ1) is 12.3. The zero-order chi connectivity index (χ0) is 11.3.